The number of hydrogen-bond acceptors (Lipinski definition) is 6. The molecule has 0 amide bonds. The molecule has 0 bridgehead atoms. The summed E-state index contributed by atoms with van der Waals surface area (Å²) >= 11 is 0. The van der Waals surface area contributed by atoms with Crippen molar-refractivity contribution in [1.29, 1.82) is 0 Å². The van der Waals surface area contributed by atoms with Gasteiger partial charge in [0, 0.05) is 24.5 Å². The topological polar surface area (TPSA) is 63.2 Å². The molecule has 0 saturated carbocycles. The van der Waals surface area contributed by atoms with Gasteiger partial charge in [0.2, 0.25) is 5.95 Å². The van der Waals surface area contributed by atoms with Crippen LogP contribution in [0.4, 0.5) is 17.3 Å². The highest BCUT2D eigenvalue weighted by Crippen LogP contribution is 2.22. The molecule has 2 heterocycles. The molecule has 3 rings (SSSR count). The highest BCUT2D eigenvalue weighted by molar-refractivity contribution is 5.59. The number of ether oxygens (including phenoxy) is 1. The van der Waals surface area contributed by atoms with E-state index in [1.165, 1.54) is 5.69 Å². The fourth-order valence-electron chi connectivity index (χ4n) is 2.93. The average molecular weight is 327 g/mol. The molecule has 1 aromatic heterocycles. The molecule has 1 aliphatic heterocycles. The van der Waals surface area contributed by atoms with Crippen molar-refractivity contribution >= 4 is 17.3 Å². The summed E-state index contributed by atoms with van der Waals surface area (Å²) in [4.78, 5) is 6.92. The molecule has 24 heavy (non-hydrogen) atoms. The number of anilines is 3. The largest absolute Gasteiger partial charge is 0.375 e. The van der Waals surface area contributed by atoms with Crippen molar-refractivity contribution in [3.05, 3.63) is 35.7 Å². The zero-order chi connectivity index (χ0) is 16.9. The molecule has 1 N–H and O–H groups in total. The van der Waals surface area contributed by atoms with E-state index in [0.717, 1.165) is 49.6 Å². The average Bonchev–Trinajstić information content (AvgIpc) is 2.62. The lowest BCUT2D eigenvalue weighted by atomic mass is 10.2. The highest BCUT2D eigenvalue weighted by Gasteiger charge is 2.16. The second-order valence-corrected chi connectivity index (χ2v) is 6.04. The lowest BCUT2D eigenvalue weighted by Gasteiger charge is -2.33. The second kappa shape index (κ2) is 7.57. The number of nitrogens with one attached hydrogen (secondary N) is 1. The van der Waals surface area contributed by atoms with Crippen LogP contribution < -0.4 is 10.2 Å². The number of aryl methyl sites for hydroxylation is 2. The van der Waals surface area contributed by atoms with E-state index in [2.05, 4.69) is 70.4 Å². The van der Waals surface area contributed by atoms with Gasteiger partial charge in [0.05, 0.1) is 24.1 Å². The Bertz CT molecular complexity index is 674. The minimum atomic E-state index is 0.278. The van der Waals surface area contributed by atoms with E-state index in [1.807, 2.05) is 0 Å². The van der Waals surface area contributed by atoms with Crippen LogP contribution in [-0.2, 0) is 17.6 Å². The first kappa shape index (κ1) is 16.6. The summed E-state index contributed by atoms with van der Waals surface area (Å²) in [7, 11) is 0. The van der Waals surface area contributed by atoms with Crippen molar-refractivity contribution < 1.29 is 4.74 Å². The first-order valence-electron chi connectivity index (χ1n) is 8.65. The van der Waals surface area contributed by atoms with E-state index >= 15 is 0 Å². The zero-order valence-electron chi connectivity index (χ0n) is 14.6. The molecule has 2 aromatic rings. The van der Waals surface area contributed by atoms with Crippen molar-refractivity contribution in [2.75, 3.05) is 29.9 Å². The maximum atomic E-state index is 5.60. The van der Waals surface area contributed by atoms with Gasteiger partial charge in [0.1, 0.15) is 0 Å². The predicted molar refractivity (Wildman–Crippen MR) is 95.9 cm³/mol. The molecule has 1 unspecified atom stereocenters. The molecule has 6 nitrogen and oxygen atoms in total. The molecule has 6 heteroatoms. The smallest absolute Gasteiger partial charge is 0.247 e. The van der Waals surface area contributed by atoms with E-state index in [4.69, 9.17) is 4.74 Å². The number of nitrogens with zero attached hydrogens (tertiary/aromatic N) is 4. The molecule has 128 valence electrons. The molecule has 1 atom stereocenters. The van der Waals surface area contributed by atoms with Crippen LogP contribution in [0, 0.1) is 0 Å². The standard InChI is InChI=1S/C18H25N5O/c1-4-16-17(5-2)21-22-18(20-16)19-14-6-8-15(9-7-14)23-10-11-24-13(3)12-23/h6-9,13H,4-5,10-12H2,1-3H3,(H,19,20,22). The summed E-state index contributed by atoms with van der Waals surface area (Å²) < 4.78 is 5.60. The number of hydrogen-bond donors (Lipinski definition) is 1. The van der Waals surface area contributed by atoms with E-state index in [-0.39, 0.29) is 6.10 Å². The summed E-state index contributed by atoms with van der Waals surface area (Å²) in [6.07, 6.45) is 2.00. The van der Waals surface area contributed by atoms with Crippen molar-refractivity contribution in [2.24, 2.45) is 0 Å². The third-order valence-corrected chi connectivity index (χ3v) is 4.24. The minimum Gasteiger partial charge on any atom is -0.375 e. The highest BCUT2D eigenvalue weighted by atomic mass is 16.5. The van der Waals surface area contributed by atoms with Crippen molar-refractivity contribution in [3.63, 3.8) is 0 Å². The SMILES string of the molecule is CCc1nnc(Nc2ccc(N3CCOC(C)C3)cc2)nc1CC. The van der Waals surface area contributed by atoms with Crippen molar-refractivity contribution in [1.82, 2.24) is 15.2 Å². The van der Waals surface area contributed by atoms with Crippen LogP contribution in [0.15, 0.2) is 24.3 Å². The normalized spacial score (nSPS) is 17.8. The van der Waals surface area contributed by atoms with Gasteiger partial charge in [-0.2, -0.15) is 0 Å². The zero-order valence-corrected chi connectivity index (χ0v) is 14.6. The van der Waals surface area contributed by atoms with Gasteiger partial charge in [-0.1, -0.05) is 13.8 Å². The quantitative estimate of drug-likeness (QED) is 0.911. The van der Waals surface area contributed by atoms with Crippen LogP contribution in [0.2, 0.25) is 0 Å². The monoisotopic (exact) mass is 327 g/mol. The van der Waals surface area contributed by atoms with Crippen LogP contribution >= 0.6 is 0 Å². The second-order valence-electron chi connectivity index (χ2n) is 6.04. The Balaban J connectivity index is 1.70. The van der Waals surface area contributed by atoms with Gasteiger partial charge in [-0.15, -0.1) is 10.2 Å². The third-order valence-electron chi connectivity index (χ3n) is 4.24. The van der Waals surface area contributed by atoms with Gasteiger partial charge < -0.3 is 15.0 Å². The number of rotatable bonds is 5. The van der Waals surface area contributed by atoms with Crippen LogP contribution in [0.25, 0.3) is 0 Å². The van der Waals surface area contributed by atoms with Crippen LogP contribution in [0.1, 0.15) is 32.2 Å². The van der Waals surface area contributed by atoms with E-state index in [9.17, 15) is 0 Å². The molecule has 1 fully saturated rings. The Labute approximate surface area is 143 Å². The van der Waals surface area contributed by atoms with E-state index in [0.29, 0.717) is 5.95 Å². The fraction of sp³-hybridized carbons (Fsp3) is 0.500. The van der Waals surface area contributed by atoms with Gasteiger partial charge in [-0.05, 0) is 44.0 Å². The Hall–Kier alpha value is -2.21. The first-order chi connectivity index (χ1) is 11.7. The fourth-order valence-corrected chi connectivity index (χ4v) is 2.93. The molecule has 1 saturated heterocycles. The Morgan fingerprint density at radius 1 is 1.12 bits per heavy atom. The van der Waals surface area contributed by atoms with Crippen molar-refractivity contribution in [3.8, 4) is 0 Å². The van der Waals surface area contributed by atoms with E-state index < -0.39 is 0 Å². The number of morpholine rings is 1. The van der Waals surface area contributed by atoms with Crippen LogP contribution in [0.3, 0.4) is 0 Å². The molecule has 1 aromatic carbocycles. The number of aromatic nitrogens is 3. The number of benzene rings is 1. The van der Waals surface area contributed by atoms with Gasteiger partial charge in [-0.3, -0.25) is 0 Å². The van der Waals surface area contributed by atoms with Gasteiger partial charge >= 0.3 is 0 Å². The Morgan fingerprint density at radius 2 is 1.88 bits per heavy atom. The molecule has 0 spiro atoms. The van der Waals surface area contributed by atoms with E-state index in [1.54, 1.807) is 0 Å². The maximum absolute atomic E-state index is 5.60. The lowest BCUT2D eigenvalue weighted by molar-refractivity contribution is 0.0532. The summed E-state index contributed by atoms with van der Waals surface area (Å²) in [5.41, 5.74) is 4.16. The summed E-state index contributed by atoms with van der Waals surface area (Å²) in [5, 5.41) is 11.7. The molecule has 1 aliphatic rings. The van der Waals surface area contributed by atoms with Gasteiger partial charge in [0.25, 0.3) is 0 Å². The van der Waals surface area contributed by atoms with Crippen LogP contribution in [0.5, 0.6) is 0 Å². The van der Waals surface area contributed by atoms with Gasteiger partial charge in [0.15, 0.2) is 0 Å². The molecular weight excluding hydrogens is 302 g/mol. The Kier molecular flexibility index (Phi) is 5.25. The maximum Gasteiger partial charge on any atom is 0.247 e. The van der Waals surface area contributed by atoms with Crippen LogP contribution in [-0.4, -0.2) is 41.0 Å². The van der Waals surface area contributed by atoms with Crippen molar-refractivity contribution in [2.45, 2.75) is 39.7 Å². The minimum absolute atomic E-state index is 0.278. The summed E-state index contributed by atoms with van der Waals surface area (Å²) in [6, 6.07) is 8.35. The molecule has 0 radical (unpaired) electrons. The van der Waals surface area contributed by atoms with Gasteiger partial charge in [-0.25, -0.2) is 4.98 Å². The molecular formula is C18H25N5O. The Morgan fingerprint density at radius 3 is 2.54 bits per heavy atom. The summed E-state index contributed by atoms with van der Waals surface area (Å²) in [5.74, 6) is 0.553. The third kappa shape index (κ3) is 3.82. The summed E-state index contributed by atoms with van der Waals surface area (Å²) in [6.45, 7) is 8.91. The predicted octanol–water partition coefficient (Wildman–Crippen LogP) is 2.97. The molecule has 0 aliphatic carbocycles. The first-order valence-corrected chi connectivity index (χ1v) is 8.65. The lowest BCUT2D eigenvalue weighted by Crippen LogP contribution is -2.41.